The monoisotopic (exact) mass is 550 g/mol. The number of rotatable bonds is 4. The lowest BCUT2D eigenvalue weighted by Gasteiger charge is -2.28. The van der Waals surface area contributed by atoms with E-state index in [1.807, 2.05) is 103 Å². The van der Waals surface area contributed by atoms with Gasteiger partial charge in [0, 0.05) is 27.5 Å². The largest absolute Gasteiger partial charge is 0.455 e. The second-order valence-corrected chi connectivity index (χ2v) is 10.4. The maximum absolute atomic E-state index is 10.1. The Morgan fingerprint density at radius 3 is 1.86 bits per heavy atom. The van der Waals surface area contributed by atoms with Gasteiger partial charge in [-0.25, -0.2) is 0 Å². The van der Waals surface area contributed by atoms with Crippen molar-refractivity contribution in [2.75, 3.05) is 4.90 Å². The molecule has 0 radical (unpaired) electrons. The maximum Gasteiger partial charge on any atom is 0.145 e. The Balaban J connectivity index is 1.53. The molecule has 0 bridgehead atoms. The van der Waals surface area contributed by atoms with Crippen LogP contribution in [-0.2, 0) is 0 Å². The van der Waals surface area contributed by atoms with E-state index < -0.39 is 0 Å². The van der Waals surface area contributed by atoms with Gasteiger partial charge in [-0.15, -0.1) is 0 Å². The Morgan fingerprint density at radius 2 is 1.16 bits per heavy atom. The Hall–Kier alpha value is -6.30. The van der Waals surface area contributed by atoms with E-state index >= 15 is 0 Å². The number of hydrogen-bond donors (Lipinski definition) is 0. The number of anilines is 3. The first-order valence-electron chi connectivity index (χ1n) is 14.0. The molecule has 8 aromatic rings. The molecule has 2 heterocycles. The Morgan fingerprint density at radius 1 is 0.558 bits per heavy atom. The molecule has 8 rings (SSSR count). The molecular formula is C38H22N4O. The van der Waals surface area contributed by atoms with E-state index in [4.69, 9.17) is 4.42 Å². The zero-order valence-corrected chi connectivity index (χ0v) is 22.9. The minimum Gasteiger partial charge on any atom is -0.455 e. The van der Waals surface area contributed by atoms with Gasteiger partial charge in [-0.2, -0.15) is 10.5 Å². The molecule has 200 valence electrons. The van der Waals surface area contributed by atoms with E-state index in [-0.39, 0.29) is 0 Å². The fraction of sp³-hybridized carbons (Fsp3) is 0. The Labute approximate surface area is 247 Å². The maximum atomic E-state index is 10.1. The van der Waals surface area contributed by atoms with E-state index in [0.717, 1.165) is 66.5 Å². The van der Waals surface area contributed by atoms with Crippen LogP contribution in [0.15, 0.2) is 138 Å². The van der Waals surface area contributed by atoms with Gasteiger partial charge in [-0.3, -0.25) is 0 Å². The number of nitrogens with zero attached hydrogens (tertiary/aromatic N) is 4. The van der Waals surface area contributed by atoms with Gasteiger partial charge in [0.2, 0.25) is 0 Å². The summed E-state index contributed by atoms with van der Waals surface area (Å²) in [6.45, 7) is 0. The van der Waals surface area contributed by atoms with Crippen LogP contribution in [0, 0.1) is 22.7 Å². The van der Waals surface area contributed by atoms with E-state index in [1.54, 1.807) is 0 Å². The van der Waals surface area contributed by atoms with Crippen LogP contribution in [0.5, 0.6) is 0 Å². The van der Waals surface area contributed by atoms with Crippen LogP contribution in [0.3, 0.4) is 0 Å². The quantitative estimate of drug-likeness (QED) is 0.219. The van der Waals surface area contributed by atoms with Gasteiger partial charge >= 0.3 is 0 Å². The van der Waals surface area contributed by atoms with E-state index in [1.165, 1.54) is 0 Å². The van der Waals surface area contributed by atoms with Crippen molar-refractivity contribution >= 4 is 60.8 Å². The number of fused-ring (bicyclic) bond motifs is 7. The number of nitriles is 2. The summed E-state index contributed by atoms with van der Waals surface area (Å²) in [4.78, 5) is 2.14. The van der Waals surface area contributed by atoms with Crippen molar-refractivity contribution in [2.45, 2.75) is 0 Å². The van der Waals surface area contributed by atoms with Crippen LogP contribution >= 0.6 is 0 Å². The second kappa shape index (κ2) is 9.66. The standard InChI is InChI=1S/C38H22N4O/c39-23-25-21-34(41(27-11-3-1-4-12-27)28-13-5-2-6-14-28)35(22-26(25)24-40)42-32-17-9-7-16-31(32)37-33(42)20-19-30-29-15-8-10-18-36(29)43-38(30)37/h1-22H. The highest BCUT2D eigenvalue weighted by molar-refractivity contribution is 6.24. The highest BCUT2D eigenvalue weighted by atomic mass is 16.3. The zero-order valence-electron chi connectivity index (χ0n) is 22.9. The first kappa shape index (κ1) is 24.5. The van der Waals surface area contributed by atoms with Crippen molar-refractivity contribution in [3.63, 3.8) is 0 Å². The average molecular weight is 551 g/mol. The molecule has 0 aliphatic carbocycles. The molecule has 0 saturated carbocycles. The van der Waals surface area contributed by atoms with E-state index in [9.17, 15) is 10.5 Å². The molecule has 0 N–H and O–H groups in total. The minimum absolute atomic E-state index is 0.318. The molecule has 43 heavy (non-hydrogen) atoms. The number of benzene rings is 6. The van der Waals surface area contributed by atoms with Gasteiger partial charge in [0.15, 0.2) is 0 Å². The summed E-state index contributed by atoms with van der Waals surface area (Å²) in [6, 6.07) is 48.9. The van der Waals surface area contributed by atoms with Gasteiger partial charge in [0.25, 0.3) is 0 Å². The number of hydrogen-bond acceptors (Lipinski definition) is 4. The predicted molar refractivity (Wildman–Crippen MR) is 172 cm³/mol. The molecule has 0 unspecified atom stereocenters. The topological polar surface area (TPSA) is 68.9 Å². The third-order valence-electron chi connectivity index (χ3n) is 8.05. The van der Waals surface area contributed by atoms with Crippen LogP contribution in [-0.4, -0.2) is 4.57 Å². The van der Waals surface area contributed by atoms with Crippen LogP contribution in [0.25, 0.3) is 49.4 Å². The van der Waals surface area contributed by atoms with Gasteiger partial charge in [-0.05, 0) is 60.7 Å². The van der Waals surface area contributed by atoms with Crippen molar-refractivity contribution in [3.05, 3.63) is 145 Å². The van der Waals surface area contributed by atoms with E-state index in [2.05, 4.69) is 51.9 Å². The lowest BCUT2D eigenvalue weighted by molar-refractivity contribution is 0.673. The normalized spacial score (nSPS) is 11.2. The smallest absolute Gasteiger partial charge is 0.145 e. The fourth-order valence-electron chi connectivity index (χ4n) is 6.20. The summed E-state index contributed by atoms with van der Waals surface area (Å²) in [6.07, 6.45) is 0. The third kappa shape index (κ3) is 3.70. The van der Waals surface area contributed by atoms with Crippen molar-refractivity contribution in [1.82, 2.24) is 4.57 Å². The minimum atomic E-state index is 0.318. The third-order valence-corrected chi connectivity index (χ3v) is 8.05. The molecular weight excluding hydrogens is 528 g/mol. The van der Waals surface area contributed by atoms with Gasteiger partial charge in [-0.1, -0.05) is 72.8 Å². The van der Waals surface area contributed by atoms with Crippen LogP contribution in [0.2, 0.25) is 0 Å². The highest BCUT2D eigenvalue weighted by Crippen LogP contribution is 2.45. The molecule has 2 aromatic heterocycles. The molecule has 0 atom stereocenters. The molecule has 0 amide bonds. The molecule has 0 aliphatic heterocycles. The zero-order chi connectivity index (χ0) is 28.9. The molecule has 0 spiro atoms. The lowest BCUT2D eigenvalue weighted by atomic mass is 10.0. The van der Waals surface area contributed by atoms with Gasteiger partial charge in [0.1, 0.15) is 23.3 Å². The molecule has 5 heteroatoms. The number of aromatic nitrogens is 1. The summed E-state index contributed by atoms with van der Waals surface area (Å²) in [5, 5.41) is 24.4. The number of furan rings is 1. The van der Waals surface area contributed by atoms with Crippen molar-refractivity contribution in [1.29, 1.82) is 10.5 Å². The Bertz CT molecular complexity index is 2380. The van der Waals surface area contributed by atoms with Crippen molar-refractivity contribution in [2.24, 2.45) is 0 Å². The summed E-state index contributed by atoms with van der Waals surface area (Å²) in [5.41, 5.74) is 7.65. The summed E-state index contributed by atoms with van der Waals surface area (Å²) in [5.74, 6) is 0. The van der Waals surface area contributed by atoms with E-state index in [0.29, 0.717) is 11.1 Å². The highest BCUT2D eigenvalue weighted by Gasteiger charge is 2.24. The van der Waals surface area contributed by atoms with Crippen molar-refractivity contribution in [3.8, 4) is 17.8 Å². The molecule has 6 aromatic carbocycles. The van der Waals surface area contributed by atoms with Crippen LogP contribution in [0.1, 0.15) is 11.1 Å². The fourth-order valence-corrected chi connectivity index (χ4v) is 6.20. The summed E-state index contributed by atoms with van der Waals surface area (Å²) >= 11 is 0. The first-order valence-corrected chi connectivity index (χ1v) is 14.0. The van der Waals surface area contributed by atoms with Gasteiger partial charge < -0.3 is 13.9 Å². The van der Waals surface area contributed by atoms with Crippen LogP contribution in [0.4, 0.5) is 17.1 Å². The van der Waals surface area contributed by atoms with Crippen molar-refractivity contribution < 1.29 is 4.42 Å². The molecule has 0 fully saturated rings. The number of para-hydroxylation sites is 4. The SMILES string of the molecule is N#Cc1cc(N(c2ccccc2)c2ccccc2)c(-n2c3ccccc3c3c4oc5ccccc5c4ccc32)cc1C#N. The molecule has 0 saturated heterocycles. The predicted octanol–water partition coefficient (Wildman–Crippen LogP) is 9.90. The molecule has 5 nitrogen and oxygen atoms in total. The average Bonchev–Trinajstić information content (AvgIpc) is 3.61. The summed E-state index contributed by atoms with van der Waals surface area (Å²) in [7, 11) is 0. The Kier molecular flexibility index (Phi) is 5.50. The first-order chi connectivity index (χ1) is 21.3. The lowest BCUT2D eigenvalue weighted by Crippen LogP contribution is -2.14. The van der Waals surface area contributed by atoms with Gasteiger partial charge in [0.05, 0.1) is 38.9 Å². The molecule has 0 aliphatic rings. The van der Waals surface area contributed by atoms with Crippen LogP contribution < -0.4 is 4.90 Å². The second-order valence-electron chi connectivity index (χ2n) is 10.4. The summed E-state index contributed by atoms with van der Waals surface area (Å²) < 4.78 is 8.69.